The van der Waals surface area contributed by atoms with E-state index in [4.69, 9.17) is 9.47 Å². The highest BCUT2D eigenvalue weighted by Crippen LogP contribution is 2.36. The molecule has 0 heterocycles. The van der Waals surface area contributed by atoms with E-state index in [0.29, 0.717) is 12.3 Å². The summed E-state index contributed by atoms with van der Waals surface area (Å²) >= 11 is 0. The summed E-state index contributed by atoms with van der Waals surface area (Å²) in [6.45, 7) is 5.20. The van der Waals surface area contributed by atoms with Gasteiger partial charge < -0.3 is 9.47 Å². The van der Waals surface area contributed by atoms with Crippen LogP contribution >= 0.6 is 0 Å². The zero-order valence-corrected chi connectivity index (χ0v) is 20.2. The van der Waals surface area contributed by atoms with Crippen molar-refractivity contribution < 1.29 is 14.3 Å². The Bertz CT molecular complexity index is 598. The van der Waals surface area contributed by atoms with E-state index in [-0.39, 0.29) is 12.1 Å². The van der Waals surface area contributed by atoms with Crippen LogP contribution in [0.1, 0.15) is 128 Å². The number of carbonyl (C=O) groups excluding carboxylic acids is 1. The van der Waals surface area contributed by atoms with Gasteiger partial charge in [-0.25, -0.2) is 0 Å². The molecule has 0 spiro atoms. The quantitative estimate of drug-likeness (QED) is 0.195. The zero-order chi connectivity index (χ0) is 22.2. The molecule has 1 aromatic rings. The number of rotatable bonds is 16. The maximum atomic E-state index is 12.5. The second kappa shape index (κ2) is 16.2. The molecule has 0 N–H and O–H groups in total. The molecule has 0 saturated heterocycles. The zero-order valence-electron chi connectivity index (χ0n) is 20.2. The first-order valence-corrected chi connectivity index (χ1v) is 13.2. The topological polar surface area (TPSA) is 35.5 Å². The summed E-state index contributed by atoms with van der Waals surface area (Å²) in [5.74, 6) is 1.24. The number of hydrogen-bond acceptors (Lipinski definition) is 3. The van der Waals surface area contributed by atoms with Crippen molar-refractivity contribution in [1.82, 2.24) is 0 Å². The van der Waals surface area contributed by atoms with Gasteiger partial charge in [0, 0.05) is 12.3 Å². The summed E-state index contributed by atoms with van der Waals surface area (Å²) in [6, 6.07) is 8.44. The Morgan fingerprint density at radius 1 is 0.871 bits per heavy atom. The van der Waals surface area contributed by atoms with Crippen molar-refractivity contribution in [3.05, 3.63) is 29.8 Å². The molecule has 2 rings (SSSR count). The second-order valence-corrected chi connectivity index (χ2v) is 9.27. The van der Waals surface area contributed by atoms with Gasteiger partial charge in [-0.2, -0.15) is 0 Å². The molecule has 176 valence electrons. The molecular weight excluding hydrogens is 384 g/mol. The van der Waals surface area contributed by atoms with Crippen LogP contribution in [0.15, 0.2) is 24.3 Å². The molecule has 1 saturated carbocycles. The molecule has 1 aliphatic carbocycles. The lowest BCUT2D eigenvalue weighted by atomic mass is 9.81. The van der Waals surface area contributed by atoms with Crippen LogP contribution in [0, 0.1) is 0 Å². The third-order valence-electron chi connectivity index (χ3n) is 6.52. The van der Waals surface area contributed by atoms with E-state index in [1.807, 2.05) is 6.07 Å². The van der Waals surface area contributed by atoms with Crippen LogP contribution in [0.5, 0.6) is 5.75 Å². The van der Waals surface area contributed by atoms with E-state index in [2.05, 4.69) is 32.0 Å². The number of carbonyl (C=O) groups is 1. The third kappa shape index (κ3) is 10.6. The second-order valence-electron chi connectivity index (χ2n) is 9.27. The summed E-state index contributed by atoms with van der Waals surface area (Å²) in [7, 11) is 0. The van der Waals surface area contributed by atoms with Gasteiger partial charge in [0.2, 0.25) is 0 Å². The molecule has 31 heavy (non-hydrogen) atoms. The first kappa shape index (κ1) is 25.7. The molecule has 3 nitrogen and oxygen atoms in total. The summed E-state index contributed by atoms with van der Waals surface area (Å²) in [4.78, 5) is 12.5. The number of esters is 1. The lowest BCUT2D eigenvalue weighted by molar-refractivity contribution is -0.151. The molecule has 0 bridgehead atoms. The maximum Gasteiger partial charge on any atom is 0.306 e. The highest BCUT2D eigenvalue weighted by atomic mass is 16.5. The van der Waals surface area contributed by atoms with Gasteiger partial charge in [0.1, 0.15) is 11.9 Å². The van der Waals surface area contributed by atoms with Crippen LogP contribution in [0.4, 0.5) is 0 Å². The van der Waals surface area contributed by atoms with Gasteiger partial charge >= 0.3 is 5.97 Å². The molecule has 0 aromatic heterocycles. The van der Waals surface area contributed by atoms with E-state index >= 15 is 0 Å². The molecule has 2 atom stereocenters. The van der Waals surface area contributed by atoms with Gasteiger partial charge in [-0.15, -0.1) is 0 Å². The monoisotopic (exact) mass is 430 g/mol. The van der Waals surface area contributed by atoms with E-state index in [1.165, 1.54) is 56.9 Å². The lowest BCUT2D eigenvalue weighted by Gasteiger charge is -2.31. The van der Waals surface area contributed by atoms with Crippen LogP contribution < -0.4 is 4.74 Å². The van der Waals surface area contributed by atoms with Crippen molar-refractivity contribution >= 4 is 5.97 Å². The minimum atomic E-state index is -0.00445. The molecule has 0 radical (unpaired) electrons. The fourth-order valence-corrected chi connectivity index (χ4v) is 4.60. The largest absolute Gasteiger partial charge is 0.494 e. The molecule has 0 amide bonds. The van der Waals surface area contributed by atoms with Gasteiger partial charge in [0.25, 0.3) is 0 Å². The molecule has 1 fully saturated rings. The highest BCUT2D eigenvalue weighted by Gasteiger charge is 2.29. The SMILES string of the molecule is CCCCCCCCCCCC(=O)OC1CCCCC1c1cccc(OCCCC)c1. The molecular formula is C28H46O3. The van der Waals surface area contributed by atoms with Gasteiger partial charge in [-0.05, 0) is 49.8 Å². The van der Waals surface area contributed by atoms with E-state index in [0.717, 1.165) is 57.3 Å². The Morgan fingerprint density at radius 2 is 1.55 bits per heavy atom. The van der Waals surface area contributed by atoms with E-state index < -0.39 is 0 Å². The fraction of sp³-hybridized carbons (Fsp3) is 0.750. The van der Waals surface area contributed by atoms with Gasteiger partial charge in [-0.1, -0.05) is 90.2 Å². The summed E-state index contributed by atoms with van der Waals surface area (Å²) < 4.78 is 11.9. The predicted octanol–water partition coefficient (Wildman–Crippen LogP) is 8.36. The minimum Gasteiger partial charge on any atom is -0.494 e. The number of benzene rings is 1. The van der Waals surface area contributed by atoms with Crippen LogP contribution in [0.25, 0.3) is 0 Å². The molecule has 1 aliphatic rings. The number of ether oxygens (including phenoxy) is 2. The van der Waals surface area contributed by atoms with Crippen molar-refractivity contribution in [3.63, 3.8) is 0 Å². The Labute approximate surface area is 191 Å². The minimum absolute atomic E-state index is 0.00445. The summed E-state index contributed by atoms with van der Waals surface area (Å²) in [5, 5.41) is 0. The Hall–Kier alpha value is -1.51. The first-order valence-electron chi connectivity index (χ1n) is 13.2. The van der Waals surface area contributed by atoms with Crippen molar-refractivity contribution in [1.29, 1.82) is 0 Å². The Morgan fingerprint density at radius 3 is 2.29 bits per heavy atom. The van der Waals surface area contributed by atoms with Gasteiger partial charge in [0.05, 0.1) is 6.61 Å². The average molecular weight is 431 g/mol. The number of unbranched alkanes of at least 4 members (excludes halogenated alkanes) is 9. The van der Waals surface area contributed by atoms with Crippen LogP contribution in [-0.2, 0) is 9.53 Å². The molecule has 0 aliphatic heterocycles. The number of hydrogen-bond donors (Lipinski definition) is 0. The highest BCUT2D eigenvalue weighted by molar-refractivity contribution is 5.69. The molecule has 2 unspecified atom stereocenters. The fourth-order valence-electron chi connectivity index (χ4n) is 4.60. The van der Waals surface area contributed by atoms with Crippen molar-refractivity contribution in [2.45, 2.75) is 129 Å². The predicted molar refractivity (Wildman–Crippen MR) is 130 cm³/mol. The normalized spacial score (nSPS) is 18.6. The van der Waals surface area contributed by atoms with Crippen LogP contribution in [0.3, 0.4) is 0 Å². The smallest absolute Gasteiger partial charge is 0.306 e. The Balaban J connectivity index is 1.72. The summed E-state index contributed by atoms with van der Waals surface area (Å²) in [5.41, 5.74) is 1.26. The molecule has 1 aromatic carbocycles. The van der Waals surface area contributed by atoms with Crippen LogP contribution in [-0.4, -0.2) is 18.7 Å². The maximum absolute atomic E-state index is 12.5. The van der Waals surface area contributed by atoms with Crippen LogP contribution in [0.2, 0.25) is 0 Å². The standard InChI is InChI=1S/C28H46O3/c1-3-5-7-8-9-10-11-12-13-21-28(29)31-27-20-15-14-19-26(27)24-17-16-18-25(23-24)30-22-6-4-2/h16-18,23,26-27H,3-15,19-22H2,1-2H3. The van der Waals surface area contributed by atoms with Gasteiger partial charge in [0.15, 0.2) is 0 Å². The Kier molecular flexibility index (Phi) is 13.4. The molecule has 3 heteroatoms. The average Bonchev–Trinajstić information content (AvgIpc) is 2.79. The van der Waals surface area contributed by atoms with Gasteiger partial charge in [-0.3, -0.25) is 4.79 Å². The van der Waals surface area contributed by atoms with Crippen molar-refractivity contribution in [2.75, 3.05) is 6.61 Å². The lowest BCUT2D eigenvalue weighted by Crippen LogP contribution is -2.28. The van der Waals surface area contributed by atoms with Crippen molar-refractivity contribution in [3.8, 4) is 5.75 Å². The van der Waals surface area contributed by atoms with E-state index in [9.17, 15) is 4.79 Å². The van der Waals surface area contributed by atoms with E-state index in [1.54, 1.807) is 0 Å². The third-order valence-corrected chi connectivity index (χ3v) is 6.52. The first-order chi connectivity index (χ1) is 15.2. The van der Waals surface area contributed by atoms with Crippen molar-refractivity contribution in [2.24, 2.45) is 0 Å². The summed E-state index contributed by atoms with van der Waals surface area (Å²) in [6.07, 6.45) is 18.7.